The summed E-state index contributed by atoms with van der Waals surface area (Å²) in [4.78, 5) is 16.7. The quantitative estimate of drug-likeness (QED) is 0.768. The van der Waals surface area contributed by atoms with Crippen molar-refractivity contribution in [3.8, 4) is 0 Å². The molecule has 1 saturated carbocycles. The zero-order valence-electron chi connectivity index (χ0n) is 10.6. The molecule has 1 aliphatic carbocycles. The second-order valence-corrected chi connectivity index (χ2v) is 4.82. The molecule has 0 bridgehead atoms. The van der Waals surface area contributed by atoms with Crippen LogP contribution in [0.3, 0.4) is 0 Å². The van der Waals surface area contributed by atoms with E-state index in [-0.39, 0.29) is 5.97 Å². The lowest BCUT2D eigenvalue weighted by molar-refractivity contribution is 0.0523. The van der Waals surface area contributed by atoms with Crippen molar-refractivity contribution in [2.75, 3.05) is 13.2 Å². The highest BCUT2D eigenvalue weighted by molar-refractivity contribution is 5.91. The van der Waals surface area contributed by atoms with Crippen LogP contribution < -0.4 is 0 Å². The largest absolute Gasteiger partial charge is 0.462 e. The zero-order chi connectivity index (χ0) is 12.5. The summed E-state index contributed by atoms with van der Waals surface area (Å²) in [7, 11) is 0. The van der Waals surface area contributed by atoms with Gasteiger partial charge in [-0.25, -0.2) is 4.79 Å². The Kier molecular flexibility index (Phi) is 3.04. The van der Waals surface area contributed by atoms with E-state index in [1.165, 1.54) is 0 Å². The Bertz CT molecular complexity index is 480. The fourth-order valence-corrected chi connectivity index (χ4v) is 2.34. The van der Waals surface area contributed by atoms with E-state index in [2.05, 4.69) is 0 Å². The number of hydrogen-bond acceptors (Lipinski definition) is 4. The molecule has 0 atom stereocenters. The molecule has 1 aromatic rings. The molecular weight excluding hydrogens is 230 g/mol. The minimum atomic E-state index is -0.250. The number of esters is 1. The standard InChI is InChI=1S/C14H17NO3/c1-2-18-14(16)11-7-10-8-17-6-5-12(10)15-13(11)9-3-4-9/h7,9H,2-6,8H2,1H3. The maximum Gasteiger partial charge on any atom is 0.340 e. The van der Waals surface area contributed by atoms with Crippen LogP contribution >= 0.6 is 0 Å². The predicted molar refractivity (Wildman–Crippen MR) is 65.5 cm³/mol. The minimum Gasteiger partial charge on any atom is -0.462 e. The van der Waals surface area contributed by atoms with E-state index in [0.717, 1.165) is 42.8 Å². The average molecular weight is 247 g/mol. The van der Waals surface area contributed by atoms with Crippen LogP contribution in [-0.2, 0) is 22.5 Å². The van der Waals surface area contributed by atoms with Crippen LogP contribution in [0.15, 0.2) is 6.07 Å². The maximum absolute atomic E-state index is 12.0. The van der Waals surface area contributed by atoms with Gasteiger partial charge < -0.3 is 9.47 Å². The van der Waals surface area contributed by atoms with Gasteiger partial charge in [-0.3, -0.25) is 4.98 Å². The first-order valence-electron chi connectivity index (χ1n) is 6.57. The minimum absolute atomic E-state index is 0.250. The number of aromatic nitrogens is 1. The monoisotopic (exact) mass is 247 g/mol. The third-order valence-electron chi connectivity index (χ3n) is 3.42. The van der Waals surface area contributed by atoms with Crippen LogP contribution in [0.25, 0.3) is 0 Å². The van der Waals surface area contributed by atoms with Crippen LogP contribution in [0, 0.1) is 0 Å². The van der Waals surface area contributed by atoms with Gasteiger partial charge in [0, 0.05) is 23.6 Å². The Morgan fingerprint density at radius 2 is 2.39 bits per heavy atom. The number of carbonyl (C=O) groups excluding carboxylic acids is 1. The highest BCUT2D eigenvalue weighted by Crippen LogP contribution is 2.41. The Morgan fingerprint density at radius 3 is 3.11 bits per heavy atom. The number of pyridine rings is 1. The van der Waals surface area contributed by atoms with Crippen molar-refractivity contribution in [1.82, 2.24) is 4.98 Å². The van der Waals surface area contributed by atoms with Crippen molar-refractivity contribution in [3.63, 3.8) is 0 Å². The summed E-state index contributed by atoms with van der Waals surface area (Å²) < 4.78 is 10.5. The van der Waals surface area contributed by atoms with E-state index in [9.17, 15) is 4.79 Å². The fourth-order valence-electron chi connectivity index (χ4n) is 2.34. The molecule has 0 saturated heterocycles. The Labute approximate surface area is 106 Å². The van der Waals surface area contributed by atoms with Crippen molar-refractivity contribution in [1.29, 1.82) is 0 Å². The van der Waals surface area contributed by atoms with Crippen LogP contribution in [-0.4, -0.2) is 24.2 Å². The molecule has 4 heteroatoms. The van der Waals surface area contributed by atoms with Crippen LogP contribution in [0.4, 0.5) is 0 Å². The van der Waals surface area contributed by atoms with E-state index in [0.29, 0.717) is 24.7 Å². The van der Waals surface area contributed by atoms with Gasteiger partial charge in [0.15, 0.2) is 0 Å². The molecule has 0 spiro atoms. The summed E-state index contributed by atoms with van der Waals surface area (Å²) in [6.45, 7) is 3.50. The molecule has 4 nitrogen and oxygen atoms in total. The summed E-state index contributed by atoms with van der Waals surface area (Å²) in [6, 6.07) is 1.92. The first-order valence-corrected chi connectivity index (χ1v) is 6.57. The molecule has 1 aromatic heterocycles. The van der Waals surface area contributed by atoms with Gasteiger partial charge in [0.05, 0.1) is 31.1 Å². The molecule has 1 fully saturated rings. The summed E-state index contributed by atoms with van der Waals surface area (Å²) in [5.41, 5.74) is 3.71. The van der Waals surface area contributed by atoms with Gasteiger partial charge in [-0.15, -0.1) is 0 Å². The summed E-state index contributed by atoms with van der Waals surface area (Å²) in [5.74, 6) is 0.206. The number of carbonyl (C=O) groups is 1. The highest BCUT2D eigenvalue weighted by atomic mass is 16.5. The predicted octanol–water partition coefficient (Wildman–Crippen LogP) is 2.21. The van der Waals surface area contributed by atoms with E-state index >= 15 is 0 Å². The second kappa shape index (κ2) is 4.69. The summed E-state index contributed by atoms with van der Waals surface area (Å²) in [5, 5.41) is 0. The zero-order valence-corrected chi connectivity index (χ0v) is 10.6. The number of fused-ring (bicyclic) bond motifs is 1. The van der Waals surface area contributed by atoms with Crippen molar-refractivity contribution >= 4 is 5.97 Å². The van der Waals surface area contributed by atoms with Gasteiger partial charge in [-0.1, -0.05) is 0 Å². The van der Waals surface area contributed by atoms with E-state index < -0.39 is 0 Å². The van der Waals surface area contributed by atoms with E-state index in [1.54, 1.807) is 0 Å². The molecule has 0 N–H and O–H groups in total. The van der Waals surface area contributed by atoms with Crippen molar-refractivity contribution in [2.45, 2.75) is 38.7 Å². The van der Waals surface area contributed by atoms with Gasteiger partial charge in [-0.05, 0) is 25.8 Å². The third-order valence-corrected chi connectivity index (χ3v) is 3.42. The summed E-state index contributed by atoms with van der Waals surface area (Å²) in [6.07, 6.45) is 3.11. The van der Waals surface area contributed by atoms with Crippen molar-refractivity contribution in [2.24, 2.45) is 0 Å². The molecular formula is C14H17NO3. The highest BCUT2D eigenvalue weighted by Gasteiger charge is 2.31. The van der Waals surface area contributed by atoms with Crippen molar-refractivity contribution < 1.29 is 14.3 Å². The fraction of sp³-hybridized carbons (Fsp3) is 0.571. The first-order chi connectivity index (χ1) is 8.79. The van der Waals surface area contributed by atoms with Crippen LogP contribution in [0.5, 0.6) is 0 Å². The lowest BCUT2D eigenvalue weighted by Gasteiger charge is -2.18. The molecule has 96 valence electrons. The number of nitrogens with zero attached hydrogens (tertiary/aromatic N) is 1. The molecule has 1 aliphatic heterocycles. The smallest absolute Gasteiger partial charge is 0.340 e. The van der Waals surface area contributed by atoms with Crippen molar-refractivity contribution in [3.05, 3.63) is 28.6 Å². The SMILES string of the molecule is CCOC(=O)c1cc2c(nc1C1CC1)CCOC2. The molecule has 0 amide bonds. The topological polar surface area (TPSA) is 48.4 Å². The number of rotatable bonds is 3. The molecule has 3 rings (SSSR count). The van der Waals surface area contributed by atoms with Gasteiger partial charge in [-0.2, -0.15) is 0 Å². The molecule has 2 aliphatic rings. The summed E-state index contributed by atoms with van der Waals surface area (Å²) >= 11 is 0. The lowest BCUT2D eigenvalue weighted by Crippen LogP contribution is -2.17. The molecule has 2 heterocycles. The normalized spacial score (nSPS) is 18.3. The molecule has 18 heavy (non-hydrogen) atoms. The van der Waals surface area contributed by atoms with Crippen LogP contribution in [0.2, 0.25) is 0 Å². The second-order valence-electron chi connectivity index (χ2n) is 4.82. The Balaban J connectivity index is 2.01. The molecule has 0 unspecified atom stereocenters. The van der Waals surface area contributed by atoms with E-state index in [1.807, 2.05) is 13.0 Å². The van der Waals surface area contributed by atoms with Gasteiger partial charge in [0.25, 0.3) is 0 Å². The lowest BCUT2D eigenvalue weighted by atomic mass is 10.0. The Hall–Kier alpha value is -1.42. The molecule has 0 radical (unpaired) electrons. The van der Waals surface area contributed by atoms with Crippen LogP contribution in [0.1, 0.15) is 53.0 Å². The molecule has 0 aromatic carbocycles. The third kappa shape index (κ3) is 2.12. The van der Waals surface area contributed by atoms with Gasteiger partial charge in [0.1, 0.15) is 0 Å². The Morgan fingerprint density at radius 1 is 1.56 bits per heavy atom. The number of ether oxygens (including phenoxy) is 2. The average Bonchev–Trinajstić information content (AvgIpc) is 3.22. The van der Waals surface area contributed by atoms with Gasteiger partial charge >= 0.3 is 5.97 Å². The number of hydrogen-bond donors (Lipinski definition) is 0. The first kappa shape index (κ1) is 11.7. The van der Waals surface area contributed by atoms with E-state index in [4.69, 9.17) is 14.5 Å². The van der Waals surface area contributed by atoms with Gasteiger partial charge in [0.2, 0.25) is 0 Å². The maximum atomic E-state index is 12.0.